The molecule has 0 amide bonds. The zero-order valence-corrected chi connectivity index (χ0v) is 11.6. The molecule has 1 aromatic carbocycles. The summed E-state index contributed by atoms with van der Waals surface area (Å²) in [6.45, 7) is 4.54. The van der Waals surface area contributed by atoms with E-state index in [1.54, 1.807) is 0 Å². The van der Waals surface area contributed by atoms with Crippen LogP contribution in [-0.2, 0) is 16.0 Å². The van der Waals surface area contributed by atoms with E-state index < -0.39 is 11.9 Å². The van der Waals surface area contributed by atoms with E-state index in [1.807, 2.05) is 0 Å². The summed E-state index contributed by atoms with van der Waals surface area (Å²) in [5, 5.41) is 19.2. The molecule has 110 valence electrons. The van der Waals surface area contributed by atoms with Gasteiger partial charge in [0, 0.05) is 6.54 Å². The standard InChI is InChI=1S/C11H15N.C4H6O4/c1-9-8-12-7-6-10-4-2-3-5-11(9)10;5-3(6)1-2-4(7)8/h2-5,9,12H,6-8H2,1H3;1-2H2,(H,5,6)(H,7,8). The van der Waals surface area contributed by atoms with Crippen LogP contribution < -0.4 is 5.32 Å². The summed E-state index contributed by atoms with van der Waals surface area (Å²) in [6.07, 6.45) is 0.588. The van der Waals surface area contributed by atoms with E-state index in [1.165, 1.54) is 17.5 Å². The Balaban J connectivity index is 0.000000221. The van der Waals surface area contributed by atoms with Crippen molar-refractivity contribution in [3.05, 3.63) is 35.4 Å². The fourth-order valence-corrected chi connectivity index (χ4v) is 2.11. The van der Waals surface area contributed by atoms with Crippen LogP contribution in [0.15, 0.2) is 24.3 Å². The molecule has 0 spiro atoms. The predicted molar refractivity (Wildman–Crippen MR) is 75.9 cm³/mol. The Hall–Kier alpha value is -1.88. The molecule has 1 aliphatic rings. The Kier molecular flexibility index (Phi) is 6.73. The molecule has 1 unspecified atom stereocenters. The van der Waals surface area contributed by atoms with Gasteiger partial charge < -0.3 is 15.5 Å². The number of carboxylic acids is 2. The average Bonchev–Trinajstić information content (AvgIpc) is 2.60. The van der Waals surface area contributed by atoms with Gasteiger partial charge in [-0.05, 0) is 30.0 Å². The highest BCUT2D eigenvalue weighted by Crippen LogP contribution is 2.21. The molecule has 20 heavy (non-hydrogen) atoms. The van der Waals surface area contributed by atoms with E-state index in [0.717, 1.165) is 13.1 Å². The Morgan fingerprint density at radius 1 is 1.20 bits per heavy atom. The molecular weight excluding hydrogens is 258 g/mol. The average molecular weight is 279 g/mol. The number of hydrogen-bond acceptors (Lipinski definition) is 3. The second-order valence-electron chi connectivity index (χ2n) is 4.84. The third-order valence-electron chi connectivity index (χ3n) is 3.16. The summed E-state index contributed by atoms with van der Waals surface area (Å²) in [4.78, 5) is 19.3. The molecule has 0 saturated heterocycles. The first kappa shape index (κ1) is 16.2. The lowest BCUT2D eigenvalue weighted by Crippen LogP contribution is -2.18. The van der Waals surface area contributed by atoms with Gasteiger partial charge in [-0.15, -0.1) is 0 Å². The maximum atomic E-state index is 9.64. The summed E-state index contributed by atoms with van der Waals surface area (Å²) in [6, 6.07) is 8.78. The van der Waals surface area contributed by atoms with Gasteiger partial charge in [0.25, 0.3) is 0 Å². The van der Waals surface area contributed by atoms with Gasteiger partial charge in [-0.3, -0.25) is 9.59 Å². The van der Waals surface area contributed by atoms with Crippen LogP contribution in [0.3, 0.4) is 0 Å². The van der Waals surface area contributed by atoms with E-state index in [-0.39, 0.29) is 12.8 Å². The number of fused-ring (bicyclic) bond motifs is 1. The highest BCUT2D eigenvalue weighted by molar-refractivity contribution is 5.75. The monoisotopic (exact) mass is 279 g/mol. The molecule has 2 rings (SSSR count). The molecular formula is C15H21NO4. The molecule has 1 heterocycles. The van der Waals surface area contributed by atoms with Crippen LogP contribution in [0.4, 0.5) is 0 Å². The van der Waals surface area contributed by atoms with Crippen LogP contribution >= 0.6 is 0 Å². The normalized spacial score (nSPS) is 17.1. The lowest BCUT2D eigenvalue weighted by Gasteiger charge is -2.10. The molecule has 0 aliphatic carbocycles. The Morgan fingerprint density at radius 3 is 2.40 bits per heavy atom. The van der Waals surface area contributed by atoms with Gasteiger partial charge in [-0.1, -0.05) is 31.2 Å². The fourth-order valence-electron chi connectivity index (χ4n) is 2.11. The van der Waals surface area contributed by atoms with E-state index >= 15 is 0 Å². The van der Waals surface area contributed by atoms with Crippen LogP contribution in [0.2, 0.25) is 0 Å². The number of rotatable bonds is 3. The molecule has 5 heteroatoms. The van der Waals surface area contributed by atoms with Gasteiger partial charge in [0.1, 0.15) is 0 Å². The zero-order valence-electron chi connectivity index (χ0n) is 11.6. The second-order valence-corrected chi connectivity index (χ2v) is 4.84. The van der Waals surface area contributed by atoms with Gasteiger partial charge in [-0.2, -0.15) is 0 Å². The summed E-state index contributed by atoms with van der Waals surface area (Å²) in [7, 11) is 0. The van der Waals surface area contributed by atoms with Crippen molar-refractivity contribution in [2.45, 2.75) is 32.1 Å². The minimum atomic E-state index is -1.08. The van der Waals surface area contributed by atoms with Crippen molar-refractivity contribution in [1.82, 2.24) is 5.32 Å². The minimum Gasteiger partial charge on any atom is -0.481 e. The zero-order chi connectivity index (χ0) is 15.0. The largest absolute Gasteiger partial charge is 0.481 e. The van der Waals surface area contributed by atoms with Gasteiger partial charge in [0.05, 0.1) is 12.8 Å². The number of benzene rings is 1. The van der Waals surface area contributed by atoms with Gasteiger partial charge in [-0.25, -0.2) is 0 Å². The Labute approximate surface area is 118 Å². The Bertz CT molecular complexity index is 445. The maximum absolute atomic E-state index is 9.64. The van der Waals surface area contributed by atoms with E-state index in [0.29, 0.717) is 5.92 Å². The molecule has 0 bridgehead atoms. The van der Waals surface area contributed by atoms with Crippen molar-refractivity contribution in [2.75, 3.05) is 13.1 Å². The maximum Gasteiger partial charge on any atom is 0.303 e. The quantitative estimate of drug-likeness (QED) is 0.786. The first-order valence-corrected chi connectivity index (χ1v) is 6.72. The van der Waals surface area contributed by atoms with Crippen molar-refractivity contribution < 1.29 is 19.8 Å². The lowest BCUT2D eigenvalue weighted by molar-refractivity contribution is -0.143. The summed E-state index contributed by atoms with van der Waals surface area (Å²) >= 11 is 0. The third-order valence-corrected chi connectivity index (χ3v) is 3.16. The van der Waals surface area contributed by atoms with Gasteiger partial charge >= 0.3 is 11.9 Å². The summed E-state index contributed by atoms with van der Waals surface area (Å²) in [5.41, 5.74) is 3.05. The van der Waals surface area contributed by atoms with Crippen molar-refractivity contribution in [1.29, 1.82) is 0 Å². The van der Waals surface area contributed by atoms with Crippen molar-refractivity contribution in [2.24, 2.45) is 0 Å². The molecule has 0 fully saturated rings. The van der Waals surface area contributed by atoms with Crippen molar-refractivity contribution in [3.8, 4) is 0 Å². The first-order chi connectivity index (χ1) is 9.50. The van der Waals surface area contributed by atoms with Crippen LogP contribution in [-0.4, -0.2) is 35.2 Å². The van der Waals surface area contributed by atoms with E-state index in [2.05, 4.69) is 36.5 Å². The molecule has 5 nitrogen and oxygen atoms in total. The summed E-state index contributed by atoms with van der Waals surface area (Å²) in [5.74, 6) is -1.48. The number of carboxylic acid groups (broad SMARTS) is 2. The van der Waals surface area contributed by atoms with Crippen molar-refractivity contribution >= 4 is 11.9 Å². The van der Waals surface area contributed by atoms with Crippen LogP contribution in [0, 0.1) is 0 Å². The Morgan fingerprint density at radius 2 is 1.80 bits per heavy atom. The minimum absolute atomic E-state index is 0.296. The molecule has 3 N–H and O–H groups in total. The van der Waals surface area contributed by atoms with Crippen LogP contribution in [0.1, 0.15) is 36.8 Å². The van der Waals surface area contributed by atoms with E-state index in [4.69, 9.17) is 10.2 Å². The third kappa shape index (κ3) is 5.84. The number of carbonyl (C=O) groups is 2. The van der Waals surface area contributed by atoms with Crippen molar-refractivity contribution in [3.63, 3.8) is 0 Å². The van der Waals surface area contributed by atoms with Crippen LogP contribution in [0.5, 0.6) is 0 Å². The molecule has 1 aromatic rings. The number of aliphatic carboxylic acids is 2. The summed E-state index contributed by atoms with van der Waals surface area (Å²) < 4.78 is 0. The first-order valence-electron chi connectivity index (χ1n) is 6.72. The van der Waals surface area contributed by atoms with Crippen LogP contribution in [0.25, 0.3) is 0 Å². The molecule has 0 aromatic heterocycles. The molecule has 0 saturated carbocycles. The highest BCUT2D eigenvalue weighted by atomic mass is 16.4. The predicted octanol–water partition coefficient (Wildman–Crippen LogP) is 1.87. The molecule has 0 radical (unpaired) electrons. The second kappa shape index (κ2) is 8.32. The SMILES string of the molecule is CC1CNCCc2ccccc21.O=C(O)CCC(=O)O. The molecule has 1 aliphatic heterocycles. The smallest absolute Gasteiger partial charge is 0.303 e. The van der Waals surface area contributed by atoms with Gasteiger partial charge in [0.2, 0.25) is 0 Å². The topological polar surface area (TPSA) is 86.6 Å². The number of hydrogen-bond donors (Lipinski definition) is 3. The molecule has 1 atom stereocenters. The van der Waals surface area contributed by atoms with Gasteiger partial charge in [0.15, 0.2) is 0 Å². The number of nitrogens with one attached hydrogen (secondary N) is 1. The fraction of sp³-hybridized carbons (Fsp3) is 0.467. The highest BCUT2D eigenvalue weighted by Gasteiger charge is 2.12. The van der Waals surface area contributed by atoms with E-state index in [9.17, 15) is 9.59 Å². The lowest BCUT2D eigenvalue weighted by atomic mass is 9.96.